The number of amides is 1. The third-order valence-corrected chi connectivity index (χ3v) is 3.91. The summed E-state index contributed by atoms with van der Waals surface area (Å²) in [6.07, 6.45) is 4.95. The second kappa shape index (κ2) is 4.74. The summed E-state index contributed by atoms with van der Waals surface area (Å²) in [5.41, 5.74) is 6.10. The van der Waals surface area contributed by atoms with Crippen LogP contribution in [-0.4, -0.2) is 17.5 Å². The number of carbonyl (C=O) groups excluding carboxylic acids is 1. The van der Waals surface area contributed by atoms with E-state index in [4.69, 9.17) is 5.73 Å². The quantitative estimate of drug-likeness (QED) is 0.772. The van der Waals surface area contributed by atoms with E-state index >= 15 is 0 Å². The largest absolute Gasteiger partial charge is 0.351 e. The first-order valence-corrected chi connectivity index (χ1v) is 6.36. The molecule has 1 aliphatic carbocycles. The average molecular weight is 226 g/mol. The summed E-state index contributed by atoms with van der Waals surface area (Å²) in [5.74, 6) is 0.115. The highest BCUT2D eigenvalue weighted by molar-refractivity contribution is 5.77. The molecule has 1 unspecified atom stereocenters. The number of rotatable bonds is 4. The van der Waals surface area contributed by atoms with Gasteiger partial charge in [-0.05, 0) is 31.1 Å². The minimum Gasteiger partial charge on any atom is -0.351 e. The minimum atomic E-state index is -0.0681. The number of carbonyl (C=O) groups is 1. The van der Waals surface area contributed by atoms with Gasteiger partial charge in [-0.2, -0.15) is 0 Å². The lowest BCUT2D eigenvalue weighted by atomic mass is 9.74. The Morgan fingerprint density at radius 1 is 1.44 bits per heavy atom. The van der Waals surface area contributed by atoms with Crippen molar-refractivity contribution in [1.82, 2.24) is 5.32 Å². The van der Waals surface area contributed by atoms with E-state index in [-0.39, 0.29) is 22.9 Å². The van der Waals surface area contributed by atoms with E-state index in [1.54, 1.807) is 0 Å². The van der Waals surface area contributed by atoms with Gasteiger partial charge < -0.3 is 11.1 Å². The SMILES string of the molecule is CCC1(NC(=O)CC(N)C(C)(C)C)CCC1. The Bertz CT molecular complexity index is 246. The summed E-state index contributed by atoms with van der Waals surface area (Å²) in [7, 11) is 0. The predicted octanol–water partition coefficient (Wildman–Crippen LogP) is 2.20. The zero-order chi connectivity index (χ0) is 12.4. The fraction of sp³-hybridized carbons (Fsp3) is 0.923. The molecule has 0 aromatic heterocycles. The van der Waals surface area contributed by atoms with Crippen molar-refractivity contribution >= 4 is 5.91 Å². The maximum atomic E-state index is 11.9. The first kappa shape index (κ1) is 13.5. The van der Waals surface area contributed by atoms with E-state index in [9.17, 15) is 4.79 Å². The lowest BCUT2D eigenvalue weighted by molar-refractivity contribution is -0.125. The van der Waals surface area contributed by atoms with Gasteiger partial charge in [0.25, 0.3) is 0 Å². The van der Waals surface area contributed by atoms with Crippen LogP contribution in [0.3, 0.4) is 0 Å². The first-order valence-electron chi connectivity index (χ1n) is 6.36. The van der Waals surface area contributed by atoms with Gasteiger partial charge in [0.2, 0.25) is 5.91 Å². The molecular formula is C13H26N2O. The van der Waals surface area contributed by atoms with Crippen molar-refractivity contribution in [3.8, 4) is 0 Å². The normalized spacial score (nSPS) is 21.1. The minimum absolute atomic E-state index is 0.00364. The third-order valence-electron chi connectivity index (χ3n) is 3.91. The highest BCUT2D eigenvalue weighted by atomic mass is 16.1. The van der Waals surface area contributed by atoms with Crippen LogP contribution in [0.1, 0.15) is 59.8 Å². The zero-order valence-corrected chi connectivity index (χ0v) is 11.1. The number of nitrogens with two attached hydrogens (primary N) is 1. The number of nitrogens with one attached hydrogen (secondary N) is 1. The Hall–Kier alpha value is -0.570. The van der Waals surface area contributed by atoms with Crippen LogP contribution in [0.25, 0.3) is 0 Å². The molecule has 1 rings (SSSR count). The third kappa shape index (κ3) is 3.21. The van der Waals surface area contributed by atoms with Crippen LogP contribution in [0.15, 0.2) is 0 Å². The van der Waals surface area contributed by atoms with Crippen LogP contribution in [0.2, 0.25) is 0 Å². The molecule has 3 heteroatoms. The smallest absolute Gasteiger partial charge is 0.222 e. The van der Waals surface area contributed by atoms with Gasteiger partial charge in [-0.1, -0.05) is 27.7 Å². The van der Waals surface area contributed by atoms with Gasteiger partial charge in [0.15, 0.2) is 0 Å². The van der Waals surface area contributed by atoms with Crippen molar-refractivity contribution in [2.45, 2.75) is 71.4 Å². The molecule has 0 aromatic carbocycles. The van der Waals surface area contributed by atoms with Crippen molar-refractivity contribution in [3.63, 3.8) is 0 Å². The maximum absolute atomic E-state index is 11.9. The highest BCUT2D eigenvalue weighted by Gasteiger charge is 2.37. The molecule has 0 heterocycles. The Morgan fingerprint density at radius 3 is 2.31 bits per heavy atom. The number of hydrogen-bond donors (Lipinski definition) is 2. The van der Waals surface area contributed by atoms with Crippen LogP contribution in [0.5, 0.6) is 0 Å². The van der Waals surface area contributed by atoms with Gasteiger partial charge in [-0.15, -0.1) is 0 Å². The Kier molecular flexibility index (Phi) is 4.00. The Balaban J connectivity index is 2.41. The van der Waals surface area contributed by atoms with Gasteiger partial charge in [-0.3, -0.25) is 4.79 Å². The van der Waals surface area contributed by atoms with E-state index in [0.717, 1.165) is 19.3 Å². The summed E-state index contributed by atoms with van der Waals surface area (Å²) >= 11 is 0. The van der Waals surface area contributed by atoms with E-state index in [1.165, 1.54) is 6.42 Å². The van der Waals surface area contributed by atoms with Crippen molar-refractivity contribution < 1.29 is 4.79 Å². The molecule has 1 fully saturated rings. The standard InChI is InChI=1S/C13H26N2O/c1-5-13(7-6-8-13)15-11(16)9-10(14)12(2,3)4/h10H,5-9,14H2,1-4H3,(H,15,16). The summed E-state index contributed by atoms with van der Waals surface area (Å²) in [6.45, 7) is 8.36. The summed E-state index contributed by atoms with van der Waals surface area (Å²) < 4.78 is 0. The van der Waals surface area contributed by atoms with Crippen molar-refractivity contribution in [2.75, 3.05) is 0 Å². The fourth-order valence-electron chi connectivity index (χ4n) is 2.02. The molecule has 0 aliphatic heterocycles. The molecule has 1 amide bonds. The Labute approximate surface area is 99.2 Å². The lowest BCUT2D eigenvalue weighted by Gasteiger charge is -2.42. The molecule has 94 valence electrons. The topological polar surface area (TPSA) is 55.1 Å². The molecule has 3 nitrogen and oxygen atoms in total. The predicted molar refractivity (Wildman–Crippen MR) is 67.1 cm³/mol. The van der Waals surface area contributed by atoms with E-state index in [2.05, 4.69) is 33.0 Å². The Morgan fingerprint density at radius 2 is 2.00 bits per heavy atom. The molecule has 0 spiro atoms. The van der Waals surface area contributed by atoms with Crippen LogP contribution in [-0.2, 0) is 4.79 Å². The van der Waals surface area contributed by atoms with Crippen LogP contribution < -0.4 is 11.1 Å². The summed E-state index contributed by atoms with van der Waals surface area (Å²) in [6, 6.07) is -0.0681. The molecule has 16 heavy (non-hydrogen) atoms. The second-order valence-electron chi connectivity index (χ2n) is 6.21. The molecule has 0 bridgehead atoms. The van der Waals surface area contributed by atoms with Crippen LogP contribution in [0, 0.1) is 5.41 Å². The second-order valence-corrected chi connectivity index (χ2v) is 6.21. The van der Waals surface area contributed by atoms with Crippen molar-refractivity contribution in [1.29, 1.82) is 0 Å². The van der Waals surface area contributed by atoms with Crippen molar-refractivity contribution in [2.24, 2.45) is 11.1 Å². The monoisotopic (exact) mass is 226 g/mol. The summed E-state index contributed by atoms with van der Waals surface area (Å²) in [4.78, 5) is 11.9. The van der Waals surface area contributed by atoms with Gasteiger partial charge in [0.05, 0.1) is 0 Å². The average Bonchev–Trinajstić information content (AvgIpc) is 2.09. The molecule has 0 saturated heterocycles. The highest BCUT2D eigenvalue weighted by Crippen LogP contribution is 2.34. The lowest BCUT2D eigenvalue weighted by Crippen LogP contribution is -2.54. The van der Waals surface area contributed by atoms with Gasteiger partial charge in [0.1, 0.15) is 0 Å². The molecule has 3 N–H and O–H groups in total. The molecule has 1 aliphatic rings. The van der Waals surface area contributed by atoms with E-state index in [1.807, 2.05) is 0 Å². The molecule has 0 aromatic rings. The zero-order valence-electron chi connectivity index (χ0n) is 11.1. The molecular weight excluding hydrogens is 200 g/mol. The molecule has 1 atom stereocenters. The molecule has 1 saturated carbocycles. The first-order chi connectivity index (χ1) is 7.29. The van der Waals surface area contributed by atoms with Gasteiger partial charge >= 0.3 is 0 Å². The van der Waals surface area contributed by atoms with Gasteiger partial charge in [0, 0.05) is 18.0 Å². The van der Waals surface area contributed by atoms with Crippen LogP contribution >= 0.6 is 0 Å². The van der Waals surface area contributed by atoms with E-state index in [0.29, 0.717) is 6.42 Å². The summed E-state index contributed by atoms with van der Waals surface area (Å²) in [5, 5.41) is 3.16. The maximum Gasteiger partial charge on any atom is 0.222 e. The fourth-order valence-corrected chi connectivity index (χ4v) is 2.02. The molecule has 0 radical (unpaired) electrons. The van der Waals surface area contributed by atoms with Gasteiger partial charge in [-0.25, -0.2) is 0 Å². The van der Waals surface area contributed by atoms with Crippen LogP contribution in [0.4, 0.5) is 0 Å². The van der Waals surface area contributed by atoms with Crippen molar-refractivity contribution in [3.05, 3.63) is 0 Å². The number of hydrogen-bond acceptors (Lipinski definition) is 2. The van der Waals surface area contributed by atoms with E-state index < -0.39 is 0 Å².